The van der Waals surface area contributed by atoms with Crippen LogP contribution in [0.25, 0.3) is 0 Å². The van der Waals surface area contributed by atoms with Crippen LogP contribution in [0.3, 0.4) is 0 Å². The molecule has 1 aromatic heterocycles. The summed E-state index contributed by atoms with van der Waals surface area (Å²) in [5.41, 5.74) is 6.73. The van der Waals surface area contributed by atoms with Crippen LogP contribution >= 0.6 is 0 Å². The molecule has 8 heteroatoms. The van der Waals surface area contributed by atoms with Gasteiger partial charge < -0.3 is 20.5 Å². The normalized spacial score (nSPS) is 13.6. The van der Waals surface area contributed by atoms with Crippen molar-refractivity contribution < 1.29 is 14.4 Å². The number of nitrogens with zero attached hydrogens (tertiary/aromatic N) is 2. The number of pyridine rings is 1. The molecule has 28 heavy (non-hydrogen) atoms. The Morgan fingerprint density at radius 1 is 1.18 bits per heavy atom. The molecular formula is C20H22N4O4. The maximum atomic E-state index is 12.6. The lowest BCUT2D eigenvalue weighted by Gasteiger charge is -2.20. The standard InChI is InChI=1S/C20H22N4O4/c1-12-10-13(2)24(20(28)18(12)19(21)27)11-16(25)22-14-6-3-4-7-15(14)23-9-5-8-17(23)26/h3-4,6-7,10H,5,8-9,11H2,1-2H3,(H2,21,27)(H,22,25). The molecule has 0 saturated carbocycles. The van der Waals surface area contributed by atoms with Crippen LogP contribution in [0.4, 0.5) is 11.4 Å². The van der Waals surface area contributed by atoms with Gasteiger partial charge in [0.25, 0.3) is 11.5 Å². The van der Waals surface area contributed by atoms with Crippen molar-refractivity contribution in [2.75, 3.05) is 16.8 Å². The second-order valence-electron chi connectivity index (χ2n) is 6.81. The molecular weight excluding hydrogens is 360 g/mol. The number of benzene rings is 1. The summed E-state index contributed by atoms with van der Waals surface area (Å²) in [6.07, 6.45) is 1.26. The number of carbonyl (C=O) groups excluding carboxylic acids is 3. The molecule has 0 atom stereocenters. The zero-order valence-electron chi connectivity index (χ0n) is 15.8. The minimum absolute atomic E-state index is 0.0124. The smallest absolute Gasteiger partial charge is 0.264 e. The van der Waals surface area contributed by atoms with Crippen LogP contribution in [0, 0.1) is 13.8 Å². The molecule has 0 aliphatic carbocycles. The first-order valence-corrected chi connectivity index (χ1v) is 8.99. The maximum Gasteiger partial charge on any atom is 0.264 e. The highest BCUT2D eigenvalue weighted by atomic mass is 16.2. The number of nitrogens with one attached hydrogen (secondary N) is 1. The Labute approximate surface area is 161 Å². The Morgan fingerprint density at radius 3 is 2.54 bits per heavy atom. The van der Waals surface area contributed by atoms with Crippen LogP contribution in [-0.4, -0.2) is 28.8 Å². The van der Waals surface area contributed by atoms with Gasteiger partial charge in [-0.1, -0.05) is 12.1 Å². The number of carbonyl (C=O) groups is 3. The second kappa shape index (κ2) is 7.67. The van der Waals surface area contributed by atoms with Gasteiger partial charge in [0.2, 0.25) is 11.8 Å². The fraction of sp³-hybridized carbons (Fsp3) is 0.300. The maximum absolute atomic E-state index is 12.6. The second-order valence-corrected chi connectivity index (χ2v) is 6.81. The molecule has 0 bridgehead atoms. The fourth-order valence-corrected chi connectivity index (χ4v) is 3.47. The van der Waals surface area contributed by atoms with Crippen LogP contribution in [-0.2, 0) is 16.1 Å². The molecule has 2 aromatic rings. The number of hydrogen-bond donors (Lipinski definition) is 2. The highest BCUT2D eigenvalue weighted by Crippen LogP contribution is 2.29. The van der Waals surface area contributed by atoms with E-state index in [0.29, 0.717) is 35.6 Å². The van der Waals surface area contributed by atoms with Gasteiger partial charge in [0.05, 0.1) is 11.4 Å². The summed E-state index contributed by atoms with van der Waals surface area (Å²) in [6, 6.07) is 8.68. The number of anilines is 2. The van der Waals surface area contributed by atoms with Gasteiger partial charge in [0.15, 0.2) is 0 Å². The Balaban J connectivity index is 1.87. The van der Waals surface area contributed by atoms with Gasteiger partial charge in [-0.3, -0.25) is 19.2 Å². The molecule has 146 valence electrons. The SMILES string of the molecule is Cc1cc(C)n(CC(=O)Nc2ccccc2N2CCCC2=O)c(=O)c1C(N)=O. The Kier molecular flexibility index (Phi) is 5.30. The lowest BCUT2D eigenvalue weighted by molar-refractivity contribution is -0.117. The van der Waals surface area contributed by atoms with Crippen molar-refractivity contribution in [2.45, 2.75) is 33.2 Å². The quantitative estimate of drug-likeness (QED) is 0.812. The zero-order chi connectivity index (χ0) is 20.4. The lowest BCUT2D eigenvalue weighted by Crippen LogP contribution is -2.35. The summed E-state index contributed by atoms with van der Waals surface area (Å²) in [4.78, 5) is 50.5. The topological polar surface area (TPSA) is 114 Å². The Morgan fingerprint density at radius 2 is 1.89 bits per heavy atom. The van der Waals surface area contributed by atoms with Crippen molar-refractivity contribution in [3.05, 3.63) is 57.5 Å². The third kappa shape index (κ3) is 3.66. The van der Waals surface area contributed by atoms with Gasteiger partial charge in [-0.15, -0.1) is 0 Å². The van der Waals surface area contributed by atoms with E-state index in [4.69, 9.17) is 5.73 Å². The van der Waals surface area contributed by atoms with E-state index in [1.165, 1.54) is 4.57 Å². The molecule has 3 rings (SSSR count). The Hall–Kier alpha value is -3.42. The molecule has 3 amide bonds. The average molecular weight is 382 g/mol. The monoisotopic (exact) mass is 382 g/mol. The first-order chi connectivity index (χ1) is 13.3. The fourth-order valence-electron chi connectivity index (χ4n) is 3.47. The van der Waals surface area contributed by atoms with Crippen LogP contribution < -0.4 is 21.5 Å². The van der Waals surface area contributed by atoms with Crippen molar-refractivity contribution in [2.24, 2.45) is 5.73 Å². The van der Waals surface area contributed by atoms with Crippen molar-refractivity contribution in [1.82, 2.24) is 4.57 Å². The number of nitrogens with two attached hydrogens (primary N) is 1. The van der Waals surface area contributed by atoms with Crippen LogP contribution in [0.15, 0.2) is 35.1 Å². The molecule has 1 aromatic carbocycles. The molecule has 1 aliphatic heterocycles. The van der Waals surface area contributed by atoms with Crippen LogP contribution in [0.5, 0.6) is 0 Å². The number of primary amides is 1. The minimum Gasteiger partial charge on any atom is -0.365 e. The van der Waals surface area contributed by atoms with E-state index in [1.54, 1.807) is 49.1 Å². The molecule has 1 fully saturated rings. The van der Waals surface area contributed by atoms with Gasteiger partial charge in [-0.2, -0.15) is 0 Å². The van der Waals surface area contributed by atoms with Crippen molar-refractivity contribution in [1.29, 1.82) is 0 Å². The van der Waals surface area contributed by atoms with E-state index < -0.39 is 17.4 Å². The molecule has 1 saturated heterocycles. The van der Waals surface area contributed by atoms with Gasteiger partial charge in [-0.05, 0) is 44.0 Å². The number of para-hydroxylation sites is 2. The molecule has 0 unspecified atom stereocenters. The number of hydrogen-bond acceptors (Lipinski definition) is 4. The zero-order valence-corrected chi connectivity index (χ0v) is 15.8. The van der Waals surface area contributed by atoms with E-state index in [1.807, 2.05) is 0 Å². The molecule has 8 nitrogen and oxygen atoms in total. The van der Waals surface area contributed by atoms with Crippen LogP contribution in [0.1, 0.15) is 34.5 Å². The molecule has 2 heterocycles. The van der Waals surface area contributed by atoms with E-state index in [2.05, 4.69) is 5.32 Å². The summed E-state index contributed by atoms with van der Waals surface area (Å²) in [6.45, 7) is 3.64. The van der Waals surface area contributed by atoms with Gasteiger partial charge >= 0.3 is 0 Å². The summed E-state index contributed by atoms with van der Waals surface area (Å²) in [5.74, 6) is -1.25. The summed E-state index contributed by atoms with van der Waals surface area (Å²) < 4.78 is 1.21. The first kappa shape index (κ1) is 19.3. The van der Waals surface area contributed by atoms with E-state index >= 15 is 0 Å². The predicted molar refractivity (Wildman–Crippen MR) is 105 cm³/mol. The van der Waals surface area contributed by atoms with Crippen molar-refractivity contribution >= 4 is 29.1 Å². The molecule has 0 spiro atoms. The average Bonchev–Trinajstić information content (AvgIpc) is 3.04. The molecule has 3 N–H and O–H groups in total. The number of aryl methyl sites for hydroxylation is 2. The van der Waals surface area contributed by atoms with Gasteiger partial charge in [-0.25, -0.2) is 0 Å². The summed E-state index contributed by atoms with van der Waals surface area (Å²) in [7, 11) is 0. The van der Waals surface area contributed by atoms with E-state index in [0.717, 1.165) is 6.42 Å². The van der Waals surface area contributed by atoms with Gasteiger partial charge in [0, 0.05) is 18.7 Å². The van der Waals surface area contributed by atoms with Crippen molar-refractivity contribution in [3.8, 4) is 0 Å². The number of aromatic nitrogens is 1. The lowest BCUT2D eigenvalue weighted by atomic mass is 10.1. The van der Waals surface area contributed by atoms with E-state index in [-0.39, 0.29) is 18.0 Å². The highest BCUT2D eigenvalue weighted by molar-refractivity contribution is 6.02. The predicted octanol–water partition coefficient (Wildman–Crippen LogP) is 1.33. The summed E-state index contributed by atoms with van der Waals surface area (Å²) in [5, 5.41) is 2.77. The summed E-state index contributed by atoms with van der Waals surface area (Å²) >= 11 is 0. The van der Waals surface area contributed by atoms with Crippen LogP contribution in [0.2, 0.25) is 0 Å². The molecule has 1 aliphatic rings. The largest absolute Gasteiger partial charge is 0.365 e. The minimum atomic E-state index is -0.824. The highest BCUT2D eigenvalue weighted by Gasteiger charge is 2.24. The van der Waals surface area contributed by atoms with Gasteiger partial charge in [0.1, 0.15) is 12.1 Å². The third-order valence-corrected chi connectivity index (χ3v) is 4.79. The first-order valence-electron chi connectivity index (χ1n) is 8.99. The van der Waals surface area contributed by atoms with E-state index in [9.17, 15) is 19.2 Å². The number of amides is 3. The molecule has 0 radical (unpaired) electrons. The van der Waals surface area contributed by atoms with Crippen molar-refractivity contribution in [3.63, 3.8) is 0 Å². The third-order valence-electron chi connectivity index (χ3n) is 4.79. The number of rotatable bonds is 5. The Bertz CT molecular complexity index is 1030.